The summed E-state index contributed by atoms with van der Waals surface area (Å²) < 4.78 is 5.51. The molecule has 0 radical (unpaired) electrons. The van der Waals surface area contributed by atoms with Crippen LogP contribution in [0.2, 0.25) is 0 Å². The van der Waals surface area contributed by atoms with Gasteiger partial charge >= 0.3 is 0 Å². The highest BCUT2D eigenvalue weighted by atomic mass is 16.5. The summed E-state index contributed by atoms with van der Waals surface area (Å²) >= 11 is 0. The zero-order valence-electron chi connectivity index (χ0n) is 19.3. The van der Waals surface area contributed by atoms with Crippen LogP contribution >= 0.6 is 0 Å². The molecule has 2 fully saturated rings. The maximum Gasteiger partial charge on any atom is 0.147 e. The van der Waals surface area contributed by atoms with Crippen molar-refractivity contribution in [2.45, 2.75) is 75.1 Å². The number of benzene rings is 2. The van der Waals surface area contributed by atoms with Crippen LogP contribution < -0.4 is 0 Å². The van der Waals surface area contributed by atoms with Crippen LogP contribution in [0.25, 0.3) is 11.1 Å². The third kappa shape index (κ3) is 3.97. The lowest BCUT2D eigenvalue weighted by Crippen LogP contribution is -2.58. The van der Waals surface area contributed by atoms with Gasteiger partial charge in [0.2, 0.25) is 0 Å². The average Bonchev–Trinajstić information content (AvgIpc) is 3.42. The van der Waals surface area contributed by atoms with E-state index in [1.807, 2.05) is 25.1 Å². The van der Waals surface area contributed by atoms with Crippen LogP contribution in [0.3, 0.4) is 0 Å². The minimum absolute atomic E-state index is 0.480. The lowest BCUT2D eigenvalue weighted by molar-refractivity contribution is -0.214. The van der Waals surface area contributed by atoms with Crippen molar-refractivity contribution in [2.24, 2.45) is 5.92 Å². The Balaban J connectivity index is 1.49. The number of aryl methyl sites for hydroxylation is 1. The Morgan fingerprint density at radius 1 is 0.941 bits per heavy atom. The Hall–Kier alpha value is -2.24. The second-order valence-corrected chi connectivity index (χ2v) is 10.0. The molecule has 1 aliphatic heterocycles. The van der Waals surface area contributed by atoms with Gasteiger partial charge in [-0.05, 0) is 53.6 Å². The minimum atomic E-state index is -1.46. The molecule has 6 atom stereocenters. The molecule has 1 saturated heterocycles. The number of ether oxygens (including phenoxy) is 1. The molecule has 2 aromatic rings. The molecular weight excluding hydrogens is 432 g/mol. The zero-order chi connectivity index (χ0) is 24.0. The van der Waals surface area contributed by atoms with E-state index in [1.165, 1.54) is 12.8 Å². The molecule has 6 heteroatoms. The van der Waals surface area contributed by atoms with Gasteiger partial charge in [-0.1, -0.05) is 67.4 Å². The van der Waals surface area contributed by atoms with Gasteiger partial charge in [-0.25, -0.2) is 0 Å². The van der Waals surface area contributed by atoms with Crippen LogP contribution in [0.4, 0.5) is 0 Å². The van der Waals surface area contributed by atoms with Crippen LogP contribution in [-0.2, 0) is 10.3 Å². The monoisotopic (exact) mass is 464 g/mol. The van der Waals surface area contributed by atoms with Gasteiger partial charge in [0.25, 0.3) is 0 Å². The Labute approximate surface area is 199 Å². The van der Waals surface area contributed by atoms with E-state index in [-0.39, 0.29) is 0 Å². The maximum absolute atomic E-state index is 12.1. The predicted molar refractivity (Wildman–Crippen MR) is 127 cm³/mol. The van der Waals surface area contributed by atoms with E-state index in [2.05, 4.69) is 30.0 Å². The minimum Gasteiger partial charge on any atom is -0.394 e. The van der Waals surface area contributed by atoms with E-state index in [0.717, 1.165) is 40.7 Å². The van der Waals surface area contributed by atoms with Crippen molar-refractivity contribution >= 4 is 0 Å². The number of aliphatic hydroxyl groups is 5. The van der Waals surface area contributed by atoms with Gasteiger partial charge in [0.15, 0.2) is 0 Å². The van der Waals surface area contributed by atoms with Gasteiger partial charge < -0.3 is 30.3 Å². The molecule has 3 aliphatic rings. The van der Waals surface area contributed by atoms with Crippen molar-refractivity contribution in [2.75, 3.05) is 6.61 Å². The standard InChI is InChI=1S/C28H32O6/c1-16-6-9-19-20-10-7-17(8-11-23-25(30)27(32)26(31)24(15-29)34-23)13-22(20)28(33,21(19)12-16)14-18-4-2-3-5-18/h6-7,9-10,12-13,18,23-27,29-33H,2-5,14-15H2,1H3/t23-,24-,25-,26-,27-,28?/m1/s1. The predicted octanol–water partition coefficient (Wildman–Crippen LogP) is 1.99. The summed E-state index contributed by atoms with van der Waals surface area (Å²) in [7, 11) is 0. The third-order valence-corrected chi connectivity index (χ3v) is 7.69. The van der Waals surface area contributed by atoms with Gasteiger partial charge in [-0.2, -0.15) is 0 Å². The number of fused-ring (bicyclic) bond motifs is 3. The highest BCUT2D eigenvalue weighted by Crippen LogP contribution is 2.52. The molecule has 0 aromatic heterocycles. The molecule has 2 aliphatic carbocycles. The maximum atomic E-state index is 12.1. The molecule has 1 heterocycles. The Morgan fingerprint density at radius 3 is 2.32 bits per heavy atom. The van der Waals surface area contributed by atoms with E-state index >= 15 is 0 Å². The lowest BCUT2D eigenvalue weighted by atomic mass is 9.81. The number of rotatable bonds is 3. The Bertz CT molecular complexity index is 1130. The molecule has 1 saturated carbocycles. The average molecular weight is 465 g/mol. The summed E-state index contributed by atoms with van der Waals surface area (Å²) in [6.07, 6.45) is -0.952. The number of hydrogen-bond acceptors (Lipinski definition) is 6. The van der Waals surface area contributed by atoms with Crippen molar-refractivity contribution in [1.82, 2.24) is 0 Å². The summed E-state index contributed by atoms with van der Waals surface area (Å²) in [5.41, 5.74) is 4.55. The first kappa shape index (κ1) is 23.5. The molecular formula is C28H32O6. The fourth-order valence-corrected chi connectivity index (χ4v) is 5.81. The fraction of sp³-hybridized carbons (Fsp3) is 0.500. The van der Waals surface area contributed by atoms with E-state index in [4.69, 9.17) is 4.74 Å². The van der Waals surface area contributed by atoms with Gasteiger partial charge in [-0.15, -0.1) is 0 Å². The normalized spacial score (nSPS) is 32.7. The smallest absolute Gasteiger partial charge is 0.147 e. The van der Waals surface area contributed by atoms with Crippen LogP contribution in [0.1, 0.15) is 54.4 Å². The first-order valence-corrected chi connectivity index (χ1v) is 12.1. The largest absolute Gasteiger partial charge is 0.394 e. The summed E-state index contributed by atoms with van der Waals surface area (Å²) in [6.45, 7) is 1.55. The lowest BCUT2D eigenvalue weighted by Gasteiger charge is -2.37. The second-order valence-electron chi connectivity index (χ2n) is 10.0. The highest BCUT2D eigenvalue weighted by Gasteiger charge is 2.44. The van der Waals surface area contributed by atoms with Crippen molar-refractivity contribution < 1.29 is 30.3 Å². The highest BCUT2D eigenvalue weighted by molar-refractivity contribution is 5.81. The fourth-order valence-electron chi connectivity index (χ4n) is 5.81. The molecule has 34 heavy (non-hydrogen) atoms. The van der Waals surface area contributed by atoms with E-state index in [1.54, 1.807) is 0 Å². The molecule has 180 valence electrons. The quantitative estimate of drug-likeness (QED) is 0.445. The van der Waals surface area contributed by atoms with Crippen molar-refractivity contribution in [3.05, 3.63) is 58.7 Å². The van der Waals surface area contributed by atoms with Gasteiger partial charge in [0.1, 0.15) is 36.1 Å². The van der Waals surface area contributed by atoms with Gasteiger partial charge in [0.05, 0.1) is 6.61 Å². The first-order chi connectivity index (χ1) is 16.3. The summed E-state index contributed by atoms with van der Waals surface area (Å²) in [5.74, 6) is 6.32. The van der Waals surface area contributed by atoms with Gasteiger partial charge in [0, 0.05) is 5.56 Å². The zero-order valence-corrected chi connectivity index (χ0v) is 19.3. The van der Waals surface area contributed by atoms with E-state index in [9.17, 15) is 25.5 Å². The SMILES string of the molecule is Cc1ccc2c(c1)C(O)(CC1CCCC1)c1cc(C#C[C@H]3O[C@H](CO)[C@@H](O)[C@H](O)[C@@H]3O)ccc1-2. The Kier molecular flexibility index (Phi) is 6.28. The molecule has 0 spiro atoms. The molecule has 5 rings (SSSR count). The number of aliphatic hydroxyl groups excluding tert-OH is 4. The van der Waals surface area contributed by atoms with Crippen LogP contribution in [0.5, 0.6) is 0 Å². The summed E-state index contributed by atoms with van der Waals surface area (Å²) in [5, 5.41) is 51.8. The number of hydrogen-bond donors (Lipinski definition) is 5. The third-order valence-electron chi connectivity index (χ3n) is 7.69. The Morgan fingerprint density at radius 2 is 1.62 bits per heavy atom. The molecule has 0 bridgehead atoms. The van der Waals surface area contributed by atoms with Crippen molar-refractivity contribution in [3.8, 4) is 23.0 Å². The second kappa shape index (κ2) is 9.09. The van der Waals surface area contributed by atoms with Crippen molar-refractivity contribution in [3.63, 3.8) is 0 Å². The molecule has 6 nitrogen and oxygen atoms in total. The van der Waals surface area contributed by atoms with E-state index < -0.39 is 42.7 Å². The topological polar surface area (TPSA) is 110 Å². The summed E-state index contributed by atoms with van der Waals surface area (Å²) in [6, 6.07) is 12.0. The van der Waals surface area contributed by atoms with Crippen molar-refractivity contribution in [1.29, 1.82) is 0 Å². The van der Waals surface area contributed by atoms with Crippen LogP contribution in [-0.4, -0.2) is 62.7 Å². The molecule has 1 unspecified atom stereocenters. The molecule has 5 N–H and O–H groups in total. The first-order valence-electron chi connectivity index (χ1n) is 12.1. The van der Waals surface area contributed by atoms with Crippen LogP contribution in [0, 0.1) is 24.7 Å². The molecule has 2 aromatic carbocycles. The van der Waals surface area contributed by atoms with Crippen LogP contribution in [0.15, 0.2) is 36.4 Å². The van der Waals surface area contributed by atoms with E-state index in [0.29, 0.717) is 17.9 Å². The molecule has 0 amide bonds. The van der Waals surface area contributed by atoms with Gasteiger partial charge in [-0.3, -0.25) is 0 Å². The summed E-state index contributed by atoms with van der Waals surface area (Å²) in [4.78, 5) is 0.